The van der Waals surface area contributed by atoms with Gasteiger partial charge in [0.05, 0.1) is 6.04 Å². The molecule has 4 rings (SSSR count). The van der Waals surface area contributed by atoms with Crippen molar-refractivity contribution in [3.63, 3.8) is 0 Å². The van der Waals surface area contributed by atoms with E-state index >= 15 is 0 Å². The quantitative estimate of drug-likeness (QED) is 0.889. The van der Waals surface area contributed by atoms with Crippen LogP contribution in [-0.4, -0.2) is 35.4 Å². The first-order valence-electron chi connectivity index (χ1n) is 8.50. The summed E-state index contributed by atoms with van der Waals surface area (Å²) >= 11 is 12.2. The van der Waals surface area contributed by atoms with Gasteiger partial charge in [0.15, 0.2) is 0 Å². The van der Waals surface area contributed by atoms with Crippen LogP contribution in [0.2, 0.25) is 10.0 Å². The fraction of sp³-hybridized carbons (Fsp3) is 0.368. The smallest absolute Gasteiger partial charge is 0.226 e. The first-order chi connectivity index (χ1) is 12.1. The molecule has 25 heavy (non-hydrogen) atoms. The zero-order chi connectivity index (χ0) is 17.4. The van der Waals surface area contributed by atoms with Gasteiger partial charge < -0.3 is 10.2 Å². The minimum atomic E-state index is 0.0202. The van der Waals surface area contributed by atoms with Crippen LogP contribution < -0.4 is 5.32 Å². The minimum Gasteiger partial charge on any atom is -0.333 e. The molecule has 130 valence electrons. The summed E-state index contributed by atoms with van der Waals surface area (Å²) in [6.07, 6.45) is 4.46. The number of carbonyl (C=O) groups excluding carboxylic acids is 1. The molecule has 3 unspecified atom stereocenters. The average molecular weight is 376 g/mol. The highest BCUT2D eigenvalue weighted by Crippen LogP contribution is 2.50. The van der Waals surface area contributed by atoms with Crippen LogP contribution in [0.5, 0.6) is 0 Å². The van der Waals surface area contributed by atoms with Crippen LogP contribution in [0, 0.1) is 5.92 Å². The molecule has 3 atom stereocenters. The number of benzene rings is 1. The second-order valence-electron chi connectivity index (χ2n) is 6.69. The van der Waals surface area contributed by atoms with E-state index in [2.05, 4.69) is 10.3 Å². The Kier molecular flexibility index (Phi) is 4.67. The standard InChI is InChI=1S/C19H19Cl2N3O/c20-14-6-13(7-15(21)8-14)16-9-17(16)19(25)24-5-4-23-11-18(24)12-2-1-3-22-10-12/h1-3,6-8,10,16-18,23H,4-5,9,11H2. The summed E-state index contributed by atoms with van der Waals surface area (Å²) < 4.78 is 0. The Labute approximate surface area is 157 Å². The topological polar surface area (TPSA) is 45.2 Å². The molecule has 4 nitrogen and oxygen atoms in total. The van der Waals surface area contributed by atoms with Crippen LogP contribution in [0.3, 0.4) is 0 Å². The summed E-state index contributed by atoms with van der Waals surface area (Å²) in [6.45, 7) is 2.30. The Morgan fingerprint density at radius 2 is 2.00 bits per heavy atom. The maximum atomic E-state index is 13.1. The van der Waals surface area contributed by atoms with Crippen molar-refractivity contribution in [2.24, 2.45) is 5.92 Å². The molecule has 1 aromatic carbocycles. The molecule has 1 N–H and O–H groups in total. The molecule has 1 amide bonds. The third-order valence-electron chi connectivity index (χ3n) is 5.02. The lowest BCUT2D eigenvalue weighted by Gasteiger charge is -2.36. The summed E-state index contributed by atoms with van der Waals surface area (Å²) in [5.41, 5.74) is 2.13. The second kappa shape index (κ2) is 6.94. The maximum Gasteiger partial charge on any atom is 0.226 e. The van der Waals surface area contributed by atoms with E-state index < -0.39 is 0 Å². The van der Waals surface area contributed by atoms with Gasteiger partial charge in [0.2, 0.25) is 5.91 Å². The second-order valence-corrected chi connectivity index (χ2v) is 7.56. The van der Waals surface area contributed by atoms with E-state index in [9.17, 15) is 4.79 Å². The van der Waals surface area contributed by atoms with Gasteiger partial charge in [0.1, 0.15) is 0 Å². The first-order valence-corrected chi connectivity index (χ1v) is 9.26. The molecule has 1 saturated heterocycles. The van der Waals surface area contributed by atoms with Gasteiger partial charge in [-0.05, 0) is 47.7 Å². The third-order valence-corrected chi connectivity index (χ3v) is 5.45. The number of piperazine rings is 1. The van der Waals surface area contributed by atoms with Crippen molar-refractivity contribution in [1.29, 1.82) is 0 Å². The van der Waals surface area contributed by atoms with Crippen LogP contribution >= 0.6 is 23.2 Å². The van der Waals surface area contributed by atoms with Crippen LogP contribution in [0.4, 0.5) is 0 Å². The van der Waals surface area contributed by atoms with Crippen LogP contribution in [0.1, 0.15) is 29.5 Å². The monoisotopic (exact) mass is 375 g/mol. The van der Waals surface area contributed by atoms with E-state index in [1.165, 1.54) is 0 Å². The molecule has 1 aliphatic heterocycles. The van der Waals surface area contributed by atoms with Crippen molar-refractivity contribution in [1.82, 2.24) is 15.2 Å². The summed E-state index contributed by atoms with van der Waals surface area (Å²) in [5.74, 6) is 0.455. The molecule has 0 spiro atoms. The number of nitrogens with one attached hydrogen (secondary N) is 1. The number of pyridine rings is 1. The fourth-order valence-corrected chi connectivity index (χ4v) is 4.22. The SMILES string of the molecule is O=C(C1CC1c1cc(Cl)cc(Cl)c1)N1CCNCC1c1cccnc1. The Hall–Kier alpha value is -1.62. The number of nitrogens with zero attached hydrogens (tertiary/aromatic N) is 2. The molecule has 1 aliphatic carbocycles. The van der Waals surface area contributed by atoms with Gasteiger partial charge in [-0.2, -0.15) is 0 Å². The van der Waals surface area contributed by atoms with E-state index in [4.69, 9.17) is 23.2 Å². The molecule has 0 bridgehead atoms. The highest BCUT2D eigenvalue weighted by molar-refractivity contribution is 6.34. The lowest BCUT2D eigenvalue weighted by atomic mass is 10.0. The summed E-state index contributed by atoms with van der Waals surface area (Å²) in [4.78, 5) is 19.3. The minimum absolute atomic E-state index is 0.0202. The zero-order valence-electron chi connectivity index (χ0n) is 13.7. The highest BCUT2D eigenvalue weighted by atomic mass is 35.5. The van der Waals surface area contributed by atoms with Crippen molar-refractivity contribution in [2.45, 2.75) is 18.4 Å². The molecule has 0 radical (unpaired) electrons. The van der Waals surface area contributed by atoms with Crippen LogP contribution in [0.25, 0.3) is 0 Å². The normalized spacial score (nSPS) is 25.7. The van der Waals surface area contributed by atoms with E-state index in [0.717, 1.165) is 37.2 Å². The van der Waals surface area contributed by atoms with Gasteiger partial charge in [-0.3, -0.25) is 9.78 Å². The van der Waals surface area contributed by atoms with Crippen molar-refractivity contribution in [2.75, 3.05) is 19.6 Å². The Morgan fingerprint density at radius 1 is 1.20 bits per heavy atom. The fourth-order valence-electron chi connectivity index (χ4n) is 3.68. The summed E-state index contributed by atoms with van der Waals surface area (Å²) in [7, 11) is 0. The van der Waals surface area contributed by atoms with Gasteiger partial charge in [-0.25, -0.2) is 0 Å². The molecule has 2 aromatic rings. The van der Waals surface area contributed by atoms with E-state index in [1.807, 2.05) is 35.4 Å². The molecule has 1 aromatic heterocycles. The van der Waals surface area contributed by atoms with Crippen LogP contribution in [-0.2, 0) is 4.79 Å². The molecule has 1 saturated carbocycles. The lowest BCUT2D eigenvalue weighted by Crippen LogP contribution is -2.49. The van der Waals surface area contributed by atoms with Gasteiger partial charge >= 0.3 is 0 Å². The van der Waals surface area contributed by atoms with Gasteiger partial charge in [-0.15, -0.1) is 0 Å². The summed E-state index contributed by atoms with van der Waals surface area (Å²) in [5, 5.41) is 4.62. The zero-order valence-corrected chi connectivity index (χ0v) is 15.2. The highest BCUT2D eigenvalue weighted by Gasteiger charge is 2.47. The van der Waals surface area contributed by atoms with Crippen molar-refractivity contribution >= 4 is 29.1 Å². The molecular weight excluding hydrogens is 357 g/mol. The number of hydrogen-bond donors (Lipinski definition) is 1. The third kappa shape index (κ3) is 3.52. The van der Waals surface area contributed by atoms with E-state index in [1.54, 1.807) is 12.3 Å². The Bertz CT molecular complexity index is 763. The van der Waals surface area contributed by atoms with Gasteiger partial charge in [0.25, 0.3) is 0 Å². The number of amides is 1. The number of rotatable bonds is 3. The number of hydrogen-bond acceptors (Lipinski definition) is 3. The predicted molar refractivity (Wildman–Crippen MR) is 98.9 cm³/mol. The molecule has 2 fully saturated rings. The predicted octanol–water partition coefficient (Wildman–Crippen LogP) is 3.67. The van der Waals surface area contributed by atoms with E-state index in [0.29, 0.717) is 10.0 Å². The average Bonchev–Trinajstić information content (AvgIpc) is 3.42. The van der Waals surface area contributed by atoms with E-state index in [-0.39, 0.29) is 23.8 Å². The Morgan fingerprint density at radius 3 is 2.72 bits per heavy atom. The van der Waals surface area contributed by atoms with Gasteiger partial charge in [0, 0.05) is 48.0 Å². The molecule has 2 heterocycles. The van der Waals surface area contributed by atoms with Crippen molar-refractivity contribution in [3.8, 4) is 0 Å². The lowest BCUT2D eigenvalue weighted by molar-refractivity contribution is -0.136. The first kappa shape index (κ1) is 16.8. The molecule has 6 heteroatoms. The Balaban J connectivity index is 1.52. The van der Waals surface area contributed by atoms with Crippen molar-refractivity contribution in [3.05, 3.63) is 63.9 Å². The van der Waals surface area contributed by atoms with Crippen molar-refractivity contribution < 1.29 is 4.79 Å². The number of halogens is 2. The summed E-state index contributed by atoms with van der Waals surface area (Å²) in [6, 6.07) is 9.55. The largest absolute Gasteiger partial charge is 0.333 e. The van der Waals surface area contributed by atoms with Gasteiger partial charge in [-0.1, -0.05) is 29.3 Å². The number of carbonyl (C=O) groups is 1. The maximum absolute atomic E-state index is 13.1. The van der Waals surface area contributed by atoms with Crippen LogP contribution in [0.15, 0.2) is 42.7 Å². The molecule has 2 aliphatic rings. The number of aromatic nitrogens is 1. The molecular formula is C19H19Cl2N3O.